The van der Waals surface area contributed by atoms with E-state index in [0.717, 1.165) is 11.6 Å². The predicted octanol–water partition coefficient (Wildman–Crippen LogP) is 4.26. The molecule has 1 fully saturated rings. The van der Waals surface area contributed by atoms with Crippen molar-refractivity contribution in [3.05, 3.63) is 29.8 Å². The van der Waals surface area contributed by atoms with Crippen LogP contribution in [0.2, 0.25) is 0 Å². The van der Waals surface area contributed by atoms with Crippen LogP contribution in [0.4, 0.5) is 5.69 Å². The second kappa shape index (κ2) is 7.60. The fourth-order valence-corrected chi connectivity index (χ4v) is 3.35. The van der Waals surface area contributed by atoms with E-state index in [9.17, 15) is 4.79 Å². The van der Waals surface area contributed by atoms with Gasteiger partial charge in [0, 0.05) is 24.7 Å². The van der Waals surface area contributed by atoms with E-state index in [1.807, 2.05) is 12.1 Å². The van der Waals surface area contributed by atoms with Gasteiger partial charge in [-0.25, -0.2) is 0 Å². The van der Waals surface area contributed by atoms with Crippen molar-refractivity contribution in [2.24, 2.45) is 5.92 Å². The lowest BCUT2D eigenvalue weighted by Gasteiger charge is -2.31. The van der Waals surface area contributed by atoms with Crippen molar-refractivity contribution in [3.63, 3.8) is 0 Å². The molecule has 0 aliphatic heterocycles. The van der Waals surface area contributed by atoms with E-state index in [0.29, 0.717) is 12.1 Å². The molecule has 0 aromatic heterocycles. The van der Waals surface area contributed by atoms with Crippen LogP contribution in [-0.4, -0.2) is 11.9 Å². The molecule has 0 heterocycles. The smallest absolute Gasteiger partial charge is 0.221 e. The predicted molar refractivity (Wildman–Crippen MR) is 88.3 cm³/mol. The van der Waals surface area contributed by atoms with Gasteiger partial charge in [-0.1, -0.05) is 31.4 Å². The normalized spacial score (nSPS) is 19.0. The molecule has 1 aliphatic rings. The van der Waals surface area contributed by atoms with Crippen LogP contribution in [0.15, 0.2) is 24.3 Å². The lowest BCUT2D eigenvalue weighted by atomic mass is 9.84. The van der Waals surface area contributed by atoms with Gasteiger partial charge in [-0.05, 0) is 50.3 Å². The van der Waals surface area contributed by atoms with E-state index in [1.165, 1.54) is 37.7 Å². The number of hydrogen-bond donors (Lipinski definition) is 2. The van der Waals surface area contributed by atoms with Gasteiger partial charge in [-0.2, -0.15) is 0 Å². The Bertz CT molecular complexity index is 466. The Morgan fingerprint density at radius 2 is 1.90 bits per heavy atom. The van der Waals surface area contributed by atoms with Gasteiger partial charge in [-0.15, -0.1) is 0 Å². The summed E-state index contributed by atoms with van der Waals surface area (Å²) >= 11 is 0. The van der Waals surface area contributed by atoms with Gasteiger partial charge in [0.2, 0.25) is 5.91 Å². The topological polar surface area (TPSA) is 41.1 Å². The minimum absolute atomic E-state index is 0.0247. The first-order valence-electron chi connectivity index (χ1n) is 8.20. The summed E-state index contributed by atoms with van der Waals surface area (Å²) in [6.45, 7) is 6.05. The lowest BCUT2D eigenvalue weighted by molar-refractivity contribution is -0.114. The highest BCUT2D eigenvalue weighted by Crippen LogP contribution is 2.28. The summed E-state index contributed by atoms with van der Waals surface area (Å²) in [7, 11) is 0. The molecule has 3 heteroatoms. The highest BCUT2D eigenvalue weighted by atomic mass is 16.1. The zero-order chi connectivity index (χ0) is 15.2. The van der Waals surface area contributed by atoms with Gasteiger partial charge in [0.15, 0.2) is 0 Å². The molecule has 0 saturated heterocycles. The highest BCUT2D eigenvalue weighted by Gasteiger charge is 2.21. The fraction of sp³-hybridized carbons (Fsp3) is 0.611. The molecular formula is C18H28N2O. The molecule has 21 heavy (non-hydrogen) atoms. The largest absolute Gasteiger partial charge is 0.326 e. The average Bonchev–Trinajstić information content (AvgIpc) is 2.47. The van der Waals surface area contributed by atoms with E-state index in [1.54, 1.807) is 6.92 Å². The number of amides is 1. The van der Waals surface area contributed by atoms with Gasteiger partial charge >= 0.3 is 0 Å². The van der Waals surface area contributed by atoms with Crippen molar-refractivity contribution in [2.75, 3.05) is 5.32 Å². The Kier molecular flexibility index (Phi) is 5.80. The van der Waals surface area contributed by atoms with Crippen LogP contribution in [0.3, 0.4) is 0 Å². The molecule has 2 N–H and O–H groups in total. The molecule has 2 atom stereocenters. The Morgan fingerprint density at radius 3 is 2.57 bits per heavy atom. The molecule has 1 saturated carbocycles. The van der Waals surface area contributed by atoms with Crippen LogP contribution in [0.25, 0.3) is 0 Å². The molecule has 1 amide bonds. The Morgan fingerprint density at radius 1 is 1.19 bits per heavy atom. The van der Waals surface area contributed by atoms with E-state index >= 15 is 0 Å². The number of benzene rings is 1. The molecule has 1 aromatic rings. The number of rotatable bonds is 5. The summed E-state index contributed by atoms with van der Waals surface area (Å²) in [5.41, 5.74) is 2.10. The lowest BCUT2D eigenvalue weighted by Crippen LogP contribution is -2.36. The third kappa shape index (κ3) is 4.85. The minimum Gasteiger partial charge on any atom is -0.326 e. The average molecular weight is 288 g/mol. The summed E-state index contributed by atoms with van der Waals surface area (Å²) in [5, 5.41) is 6.58. The van der Waals surface area contributed by atoms with Gasteiger partial charge in [0.05, 0.1) is 0 Å². The molecule has 116 valence electrons. The van der Waals surface area contributed by atoms with Crippen LogP contribution in [0.5, 0.6) is 0 Å². The zero-order valence-electron chi connectivity index (χ0n) is 13.5. The first kappa shape index (κ1) is 16.0. The van der Waals surface area contributed by atoms with Gasteiger partial charge in [0.25, 0.3) is 0 Å². The zero-order valence-corrected chi connectivity index (χ0v) is 13.5. The molecule has 1 unspecified atom stereocenters. The van der Waals surface area contributed by atoms with Crippen molar-refractivity contribution in [1.82, 2.24) is 5.32 Å². The van der Waals surface area contributed by atoms with Crippen LogP contribution in [0.1, 0.15) is 64.5 Å². The molecule has 0 spiro atoms. The van der Waals surface area contributed by atoms with Gasteiger partial charge < -0.3 is 10.6 Å². The second-order valence-electron chi connectivity index (χ2n) is 6.38. The van der Waals surface area contributed by atoms with Crippen LogP contribution in [0, 0.1) is 5.92 Å². The van der Waals surface area contributed by atoms with E-state index in [4.69, 9.17) is 0 Å². The minimum atomic E-state index is -0.0247. The van der Waals surface area contributed by atoms with Gasteiger partial charge in [0.1, 0.15) is 0 Å². The highest BCUT2D eigenvalue weighted by molar-refractivity contribution is 5.88. The van der Waals surface area contributed by atoms with E-state index < -0.39 is 0 Å². The standard InChI is InChI=1S/C18H28N2O/c1-13(16-8-5-4-6-9-16)19-14(2)17-10-7-11-18(12-17)20-15(3)21/h7,10-14,16,19H,4-6,8-9H2,1-3H3,(H,20,21)/t13-,14?/m1/s1. The molecule has 1 aliphatic carbocycles. The first-order valence-corrected chi connectivity index (χ1v) is 8.20. The SMILES string of the molecule is CC(=O)Nc1cccc(C(C)N[C@H](C)C2CCCCC2)c1. The third-order valence-electron chi connectivity index (χ3n) is 4.58. The number of hydrogen-bond acceptors (Lipinski definition) is 2. The number of carbonyl (C=O) groups excluding carboxylic acids is 1. The van der Waals surface area contributed by atoms with Crippen molar-refractivity contribution in [1.29, 1.82) is 0 Å². The molecule has 0 bridgehead atoms. The fourth-order valence-electron chi connectivity index (χ4n) is 3.35. The van der Waals surface area contributed by atoms with Crippen molar-refractivity contribution in [3.8, 4) is 0 Å². The summed E-state index contributed by atoms with van der Waals surface area (Å²) in [4.78, 5) is 11.2. The van der Waals surface area contributed by atoms with E-state index in [-0.39, 0.29) is 5.91 Å². The number of anilines is 1. The second-order valence-corrected chi connectivity index (χ2v) is 6.38. The first-order chi connectivity index (χ1) is 10.1. The third-order valence-corrected chi connectivity index (χ3v) is 4.58. The van der Waals surface area contributed by atoms with Crippen molar-refractivity contribution < 1.29 is 4.79 Å². The Balaban J connectivity index is 1.95. The summed E-state index contributed by atoms with van der Waals surface area (Å²) in [5.74, 6) is 0.781. The molecular weight excluding hydrogens is 260 g/mol. The maximum atomic E-state index is 11.2. The van der Waals surface area contributed by atoms with Gasteiger partial charge in [-0.3, -0.25) is 4.79 Å². The maximum Gasteiger partial charge on any atom is 0.221 e. The Hall–Kier alpha value is -1.35. The molecule has 0 radical (unpaired) electrons. The molecule has 2 rings (SSSR count). The van der Waals surface area contributed by atoms with E-state index in [2.05, 4.69) is 36.6 Å². The molecule has 3 nitrogen and oxygen atoms in total. The summed E-state index contributed by atoms with van der Waals surface area (Å²) < 4.78 is 0. The quantitative estimate of drug-likeness (QED) is 0.849. The van der Waals surface area contributed by atoms with Crippen LogP contribution in [-0.2, 0) is 4.79 Å². The number of carbonyl (C=O) groups is 1. The maximum absolute atomic E-state index is 11.2. The summed E-state index contributed by atoms with van der Waals surface area (Å²) in [6.07, 6.45) is 6.86. The van der Waals surface area contributed by atoms with Crippen LogP contribution >= 0.6 is 0 Å². The number of nitrogens with one attached hydrogen (secondary N) is 2. The summed E-state index contributed by atoms with van der Waals surface area (Å²) in [6, 6.07) is 8.97. The van der Waals surface area contributed by atoms with Crippen molar-refractivity contribution >= 4 is 11.6 Å². The van der Waals surface area contributed by atoms with Crippen LogP contribution < -0.4 is 10.6 Å². The monoisotopic (exact) mass is 288 g/mol. The van der Waals surface area contributed by atoms with Crippen molar-refractivity contribution in [2.45, 2.75) is 65.0 Å². The Labute approximate surface area is 128 Å². The molecule has 1 aromatic carbocycles.